The fraction of sp³-hybridized carbons (Fsp3) is 0.467. The Balaban J connectivity index is 0.000000425. The average Bonchev–Trinajstić information content (AvgIpc) is 2.24. The van der Waals surface area contributed by atoms with Crippen molar-refractivity contribution in [2.75, 3.05) is 0 Å². The van der Waals surface area contributed by atoms with E-state index in [0.717, 1.165) is 5.56 Å². The maximum Gasteiger partial charge on any atom is 0.408 e. The molecule has 0 saturated heterocycles. The Hall–Kier alpha value is -1.46. The third-order valence-electron chi connectivity index (χ3n) is 2.11. The van der Waals surface area contributed by atoms with Crippen LogP contribution < -0.4 is 5.32 Å². The first-order chi connectivity index (χ1) is 9.90. The smallest absolute Gasteiger partial charge is 0.408 e. The number of nitrogens with one attached hydrogen (secondary N) is 1. The fourth-order valence-electron chi connectivity index (χ4n) is 1.24. The van der Waals surface area contributed by atoms with Gasteiger partial charge >= 0.3 is 12.1 Å². The van der Waals surface area contributed by atoms with Crippen molar-refractivity contribution in [3.05, 3.63) is 33.8 Å². The summed E-state index contributed by atoms with van der Waals surface area (Å²) < 4.78 is 4.85. The second kappa shape index (κ2) is 8.86. The fourth-order valence-corrected chi connectivity index (χ4v) is 1.87. The van der Waals surface area contributed by atoms with Crippen molar-refractivity contribution in [1.29, 1.82) is 0 Å². The molecular formula is C15H21Cl2NO4. The maximum atomic E-state index is 11.0. The highest BCUT2D eigenvalue weighted by Gasteiger charge is 2.20. The lowest BCUT2D eigenvalue weighted by Gasteiger charge is -2.20. The number of alkyl carbamates (subject to hydrolysis) is 1. The molecule has 1 amide bonds. The van der Waals surface area contributed by atoms with E-state index in [9.17, 15) is 9.59 Å². The van der Waals surface area contributed by atoms with Crippen LogP contribution in [0.15, 0.2) is 18.2 Å². The molecule has 1 aromatic rings. The molecule has 0 spiro atoms. The van der Waals surface area contributed by atoms with Gasteiger partial charge in [0.05, 0.1) is 0 Å². The quantitative estimate of drug-likeness (QED) is 0.834. The number of hydrogen-bond donors (Lipinski definition) is 2. The normalized spacial score (nSPS) is 11.8. The van der Waals surface area contributed by atoms with E-state index in [0.29, 0.717) is 10.0 Å². The molecule has 0 aromatic heterocycles. The second-order valence-electron chi connectivity index (χ2n) is 5.65. The number of carbonyl (C=O) groups excluding carboxylic acids is 1. The number of aliphatic carboxylic acids is 1. The number of ether oxygens (including phenoxy) is 1. The lowest BCUT2D eigenvalue weighted by molar-refractivity contribution is -0.139. The van der Waals surface area contributed by atoms with Gasteiger partial charge in [-0.05, 0) is 58.4 Å². The van der Waals surface area contributed by atoms with Gasteiger partial charge in [-0.2, -0.15) is 0 Å². The van der Waals surface area contributed by atoms with Gasteiger partial charge in [0.25, 0.3) is 0 Å². The summed E-state index contributed by atoms with van der Waals surface area (Å²) in [5.41, 5.74) is 0.481. The van der Waals surface area contributed by atoms with E-state index in [2.05, 4.69) is 5.32 Å². The first-order valence-corrected chi connectivity index (χ1v) is 7.31. The van der Waals surface area contributed by atoms with Gasteiger partial charge in [-0.15, -0.1) is 0 Å². The summed E-state index contributed by atoms with van der Waals surface area (Å²) in [6, 6.07) is 4.52. The molecule has 124 valence electrons. The van der Waals surface area contributed by atoms with Gasteiger partial charge in [-0.1, -0.05) is 23.2 Å². The topological polar surface area (TPSA) is 75.6 Å². The zero-order chi connectivity index (χ0) is 17.5. The van der Waals surface area contributed by atoms with Gasteiger partial charge in [-0.3, -0.25) is 4.79 Å². The highest BCUT2D eigenvalue weighted by Crippen LogP contribution is 2.17. The predicted molar refractivity (Wildman–Crippen MR) is 87.7 cm³/mol. The van der Waals surface area contributed by atoms with E-state index in [1.807, 2.05) is 19.1 Å². The molecule has 1 aromatic carbocycles. The molecule has 7 heteroatoms. The number of aryl methyl sites for hydroxylation is 1. The zero-order valence-corrected chi connectivity index (χ0v) is 14.7. The van der Waals surface area contributed by atoms with Gasteiger partial charge in [0.2, 0.25) is 0 Å². The minimum Gasteiger partial charge on any atom is -0.480 e. The van der Waals surface area contributed by atoms with Gasteiger partial charge in [0.15, 0.2) is 0 Å². The highest BCUT2D eigenvalue weighted by molar-refractivity contribution is 6.34. The summed E-state index contributed by atoms with van der Waals surface area (Å²) >= 11 is 11.3. The predicted octanol–water partition coefficient (Wildman–Crippen LogP) is 4.29. The van der Waals surface area contributed by atoms with Crippen molar-refractivity contribution >= 4 is 35.3 Å². The molecule has 0 unspecified atom stereocenters. The number of rotatable bonds is 2. The van der Waals surface area contributed by atoms with Crippen molar-refractivity contribution in [2.45, 2.75) is 46.3 Å². The summed E-state index contributed by atoms with van der Waals surface area (Å²) in [6.07, 6.45) is -0.720. The Bertz CT molecular complexity index is 476. The molecule has 0 aliphatic rings. The van der Waals surface area contributed by atoms with Crippen LogP contribution in [-0.2, 0) is 9.53 Å². The van der Waals surface area contributed by atoms with Crippen LogP contribution in [0.5, 0.6) is 0 Å². The Labute approximate surface area is 140 Å². The molecule has 5 nitrogen and oxygen atoms in total. The monoisotopic (exact) mass is 349 g/mol. The molecule has 0 bridgehead atoms. The molecular weight excluding hydrogens is 329 g/mol. The molecule has 1 atom stereocenters. The van der Waals surface area contributed by atoms with E-state index in [4.69, 9.17) is 33.0 Å². The lowest BCUT2D eigenvalue weighted by Crippen LogP contribution is -2.41. The Morgan fingerprint density at radius 2 is 1.64 bits per heavy atom. The number of carboxylic acid groups (broad SMARTS) is 1. The summed E-state index contributed by atoms with van der Waals surface area (Å²) in [5, 5.41) is 12.0. The molecule has 2 N–H and O–H groups in total. The van der Waals surface area contributed by atoms with Crippen molar-refractivity contribution in [3.8, 4) is 0 Å². The molecule has 0 heterocycles. The van der Waals surface area contributed by atoms with E-state index in [-0.39, 0.29) is 0 Å². The number of hydrogen-bond acceptors (Lipinski definition) is 3. The third kappa shape index (κ3) is 10.3. The molecule has 0 fully saturated rings. The number of carboxylic acids is 1. The second-order valence-corrected chi connectivity index (χ2v) is 6.53. The standard InChI is InChI=1S/C8H15NO4.C7H6Cl2/c1-5(6(10)11)9-7(12)13-8(2,3)4;1-5-2-6(8)4-7(9)3-5/h5H,1-4H3,(H,9,12)(H,10,11);2-4H,1H3/t5-;/m0./s1. The van der Waals surface area contributed by atoms with Gasteiger partial charge in [0.1, 0.15) is 11.6 Å². The van der Waals surface area contributed by atoms with Crippen molar-refractivity contribution in [1.82, 2.24) is 5.32 Å². The van der Waals surface area contributed by atoms with Crippen LogP contribution in [-0.4, -0.2) is 28.8 Å². The van der Waals surface area contributed by atoms with E-state index in [1.165, 1.54) is 6.92 Å². The minimum atomic E-state index is -1.09. The largest absolute Gasteiger partial charge is 0.480 e. The minimum absolute atomic E-state index is 0.609. The SMILES string of the molecule is C[C@H](NC(=O)OC(C)(C)C)C(=O)O.Cc1cc(Cl)cc(Cl)c1. The molecule has 0 aliphatic carbocycles. The van der Waals surface area contributed by atoms with Crippen LogP contribution >= 0.6 is 23.2 Å². The first-order valence-electron chi connectivity index (χ1n) is 6.55. The van der Waals surface area contributed by atoms with Crippen LogP contribution in [0.25, 0.3) is 0 Å². The van der Waals surface area contributed by atoms with E-state index < -0.39 is 23.7 Å². The Morgan fingerprint density at radius 3 is 1.95 bits per heavy atom. The third-order valence-corrected chi connectivity index (χ3v) is 2.55. The number of halogens is 2. The molecule has 1 rings (SSSR count). The van der Waals surface area contributed by atoms with E-state index >= 15 is 0 Å². The molecule has 0 radical (unpaired) electrons. The van der Waals surface area contributed by atoms with Gasteiger partial charge in [0, 0.05) is 10.0 Å². The number of amides is 1. The van der Waals surface area contributed by atoms with Crippen LogP contribution in [0.3, 0.4) is 0 Å². The summed E-state index contributed by atoms with van der Waals surface area (Å²) in [4.78, 5) is 21.3. The van der Waals surface area contributed by atoms with Crippen LogP contribution in [0, 0.1) is 6.92 Å². The average molecular weight is 350 g/mol. The lowest BCUT2D eigenvalue weighted by atomic mass is 10.2. The maximum absolute atomic E-state index is 11.0. The van der Waals surface area contributed by atoms with Crippen LogP contribution in [0.1, 0.15) is 33.3 Å². The van der Waals surface area contributed by atoms with Crippen molar-refractivity contribution in [2.24, 2.45) is 0 Å². The van der Waals surface area contributed by atoms with Gasteiger partial charge in [-0.25, -0.2) is 4.79 Å². The summed E-state index contributed by atoms with van der Waals surface area (Å²) in [7, 11) is 0. The summed E-state index contributed by atoms with van der Waals surface area (Å²) in [5.74, 6) is -1.09. The Kier molecular flexibility index (Phi) is 8.27. The summed E-state index contributed by atoms with van der Waals surface area (Å²) in [6.45, 7) is 8.44. The number of benzene rings is 1. The van der Waals surface area contributed by atoms with Gasteiger partial charge < -0.3 is 15.2 Å². The Morgan fingerprint density at radius 1 is 1.18 bits per heavy atom. The molecule has 22 heavy (non-hydrogen) atoms. The molecule has 0 saturated carbocycles. The first kappa shape index (κ1) is 20.5. The van der Waals surface area contributed by atoms with Crippen LogP contribution in [0.2, 0.25) is 10.0 Å². The van der Waals surface area contributed by atoms with Crippen molar-refractivity contribution in [3.63, 3.8) is 0 Å². The van der Waals surface area contributed by atoms with E-state index in [1.54, 1.807) is 26.8 Å². The zero-order valence-electron chi connectivity index (χ0n) is 13.2. The van der Waals surface area contributed by atoms with Crippen LogP contribution in [0.4, 0.5) is 4.79 Å². The molecule has 0 aliphatic heterocycles. The highest BCUT2D eigenvalue weighted by atomic mass is 35.5. The van der Waals surface area contributed by atoms with Crippen molar-refractivity contribution < 1.29 is 19.4 Å². The number of carbonyl (C=O) groups is 2.